The zero-order chi connectivity index (χ0) is 29.6. The molecule has 2 heterocycles. The highest BCUT2D eigenvalue weighted by Crippen LogP contribution is 2.38. The van der Waals surface area contributed by atoms with Gasteiger partial charge in [0.2, 0.25) is 0 Å². The molecule has 0 bridgehead atoms. The molecule has 4 aromatic rings. The highest BCUT2D eigenvalue weighted by Gasteiger charge is 2.34. The molecule has 0 aliphatic carbocycles. The summed E-state index contributed by atoms with van der Waals surface area (Å²) in [6.45, 7) is 11.6. The molecule has 1 N–H and O–H groups in total. The normalized spacial score (nSPS) is 14.5. The van der Waals surface area contributed by atoms with Crippen LogP contribution in [0.3, 0.4) is 0 Å². The van der Waals surface area contributed by atoms with E-state index in [1.165, 1.54) is 6.07 Å². The Labute approximate surface area is 243 Å². The van der Waals surface area contributed by atoms with Crippen LogP contribution >= 0.6 is 15.9 Å². The lowest BCUT2D eigenvalue weighted by atomic mass is 9.94. The number of pyridine rings is 1. The fraction of sp³-hybridized carbons (Fsp3) is 0.357. The van der Waals surface area contributed by atoms with Gasteiger partial charge >= 0.3 is 6.18 Å². The van der Waals surface area contributed by atoms with Crippen LogP contribution in [-0.2, 0) is 24.0 Å². The predicted octanol–water partition coefficient (Wildman–Crippen LogP) is 7.69. The second-order valence-corrected chi connectivity index (χ2v) is 19.4. The van der Waals surface area contributed by atoms with E-state index in [-0.39, 0.29) is 23.5 Å². The van der Waals surface area contributed by atoms with Crippen LogP contribution in [0, 0.1) is 5.82 Å². The third kappa shape index (κ3) is 6.62. The number of hydrogen-bond donors (Lipinski definition) is 1. The third-order valence-electron chi connectivity index (χ3n) is 6.40. The topological polar surface area (TPSA) is 74.0 Å². The molecule has 2 aromatic carbocycles. The zero-order valence-electron chi connectivity index (χ0n) is 22.9. The van der Waals surface area contributed by atoms with Gasteiger partial charge in [-0.1, -0.05) is 49.1 Å². The Morgan fingerprint density at radius 2 is 1.75 bits per heavy atom. The van der Waals surface area contributed by atoms with Crippen molar-refractivity contribution in [1.29, 1.82) is 0 Å². The van der Waals surface area contributed by atoms with E-state index < -0.39 is 42.0 Å². The van der Waals surface area contributed by atoms with Gasteiger partial charge in [-0.2, -0.15) is 13.2 Å². The fourth-order valence-electron chi connectivity index (χ4n) is 4.27. The van der Waals surface area contributed by atoms with Crippen molar-refractivity contribution in [3.63, 3.8) is 0 Å². The zero-order valence-corrected chi connectivity index (χ0v) is 26.3. The maximum absolute atomic E-state index is 15.8. The molecule has 2 unspecified atom stereocenters. The maximum atomic E-state index is 15.8. The second-order valence-electron chi connectivity index (χ2n) is 11.6. The van der Waals surface area contributed by atoms with E-state index in [4.69, 9.17) is 4.52 Å². The van der Waals surface area contributed by atoms with E-state index in [1.54, 1.807) is 30.3 Å². The maximum Gasteiger partial charge on any atom is 0.416 e. The number of benzene rings is 2. The Morgan fingerprint density at radius 3 is 2.38 bits per heavy atom. The van der Waals surface area contributed by atoms with E-state index in [2.05, 4.69) is 30.8 Å². The van der Waals surface area contributed by atoms with E-state index in [9.17, 15) is 17.7 Å². The summed E-state index contributed by atoms with van der Waals surface area (Å²) in [6.07, 6.45) is -4.46. The van der Waals surface area contributed by atoms with Crippen LogP contribution < -0.4 is 9.91 Å². The Bertz CT molecular complexity index is 1530. The van der Waals surface area contributed by atoms with Crippen molar-refractivity contribution in [2.75, 3.05) is 0 Å². The number of hydrogen-bond acceptors (Lipinski definition) is 5. The summed E-state index contributed by atoms with van der Waals surface area (Å²) in [4.78, 5) is 4.44. The highest BCUT2D eigenvalue weighted by molar-refractivity contribution is 9.10. The summed E-state index contributed by atoms with van der Waals surface area (Å²) < 4.78 is 77.3. The van der Waals surface area contributed by atoms with Gasteiger partial charge in [0.15, 0.2) is 5.58 Å². The molecule has 40 heavy (non-hydrogen) atoms. The van der Waals surface area contributed by atoms with Crippen LogP contribution in [0.1, 0.15) is 43.6 Å². The molecule has 0 fully saturated rings. The molecule has 4 rings (SSSR count). The molecule has 0 aliphatic heterocycles. The molecule has 0 saturated heterocycles. The van der Waals surface area contributed by atoms with Crippen molar-refractivity contribution in [2.24, 2.45) is 0 Å². The quantitative estimate of drug-likeness (QED) is 0.0956. The number of fused-ring (bicyclic) bond motifs is 1. The molecule has 2 aromatic heterocycles. The fourth-order valence-corrected chi connectivity index (χ4v) is 7.12. The molecule has 214 valence electrons. The van der Waals surface area contributed by atoms with Gasteiger partial charge in [-0.15, -0.1) is 4.72 Å². The summed E-state index contributed by atoms with van der Waals surface area (Å²) in [7, 11) is -2.06. The minimum atomic E-state index is -4.53. The van der Waals surface area contributed by atoms with Crippen LogP contribution in [0.15, 0.2) is 57.7 Å². The SMILES string of the molecule is CC(C)(C)[S+]([O-])NC(Cc1nc(Br)cc([Si](C)(C)C)c1F)c1ccccc1-c1noc2cc(C(F)(F)F)ccc12. The van der Waals surface area contributed by atoms with Gasteiger partial charge in [0.25, 0.3) is 0 Å². The van der Waals surface area contributed by atoms with Crippen molar-refractivity contribution in [3.8, 4) is 11.3 Å². The number of alkyl halides is 3. The van der Waals surface area contributed by atoms with E-state index in [0.717, 1.165) is 12.1 Å². The lowest BCUT2D eigenvalue weighted by Crippen LogP contribution is -2.43. The molecule has 0 spiro atoms. The molecule has 0 radical (unpaired) electrons. The van der Waals surface area contributed by atoms with Crippen molar-refractivity contribution in [2.45, 2.75) is 63.8 Å². The lowest BCUT2D eigenvalue weighted by molar-refractivity contribution is -0.137. The average molecular weight is 657 g/mol. The first-order valence-electron chi connectivity index (χ1n) is 12.6. The summed E-state index contributed by atoms with van der Waals surface area (Å²) in [5.74, 6) is -0.389. The first-order chi connectivity index (χ1) is 18.5. The number of nitrogens with zero attached hydrogens (tertiary/aromatic N) is 2. The molecule has 0 saturated carbocycles. The van der Waals surface area contributed by atoms with Crippen LogP contribution in [0.4, 0.5) is 17.6 Å². The third-order valence-corrected chi connectivity index (χ3v) is 10.4. The van der Waals surface area contributed by atoms with E-state index in [0.29, 0.717) is 32.0 Å². The van der Waals surface area contributed by atoms with Gasteiger partial charge in [-0.3, -0.25) is 0 Å². The average Bonchev–Trinajstić information content (AvgIpc) is 3.27. The van der Waals surface area contributed by atoms with Gasteiger partial charge in [0.1, 0.15) is 20.9 Å². The number of nitrogens with one attached hydrogen (secondary N) is 1. The minimum absolute atomic E-state index is 0.0121. The summed E-state index contributed by atoms with van der Waals surface area (Å²) >= 11 is 1.88. The lowest BCUT2D eigenvalue weighted by Gasteiger charge is -2.29. The van der Waals surface area contributed by atoms with E-state index in [1.807, 2.05) is 40.4 Å². The molecular formula is C28H30BrF4N3O2SSi. The standard InChI is InChI=1S/C28H30BrF4N3O2SSi/c1-27(2,3)39(37)36-20(14-21-25(30)23(40(4,5)6)15-24(29)34-21)17-9-7-8-10-18(17)26-19-12-11-16(28(31,32)33)13-22(19)38-35-26/h7-13,15,20,36H,14H2,1-6H3. The Hall–Kier alpha value is -2.25. The van der Waals surface area contributed by atoms with Crippen molar-refractivity contribution < 1.29 is 26.6 Å². The van der Waals surface area contributed by atoms with Crippen molar-refractivity contribution in [3.05, 3.63) is 75.8 Å². The summed E-state index contributed by atoms with van der Waals surface area (Å²) in [6, 6.07) is 11.4. The van der Waals surface area contributed by atoms with Crippen LogP contribution in [0.2, 0.25) is 19.6 Å². The van der Waals surface area contributed by atoms with Gasteiger partial charge in [0, 0.05) is 28.7 Å². The minimum Gasteiger partial charge on any atom is -0.598 e. The molecule has 0 amide bonds. The smallest absolute Gasteiger partial charge is 0.416 e. The second kappa shape index (κ2) is 11.2. The summed E-state index contributed by atoms with van der Waals surface area (Å²) in [5, 5.41) is 5.12. The van der Waals surface area contributed by atoms with Gasteiger partial charge < -0.3 is 9.08 Å². The molecule has 12 heteroatoms. The molecule has 0 aliphatic rings. The van der Waals surface area contributed by atoms with Gasteiger partial charge in [-0.25, -0.2) is 9.37 Å². The molecule has 2 atom stereocenters. The summed E-state index contributed by atoms with van der Waals surface area (Å²) in [5.41, 5.74) is 0.881. The van der Waals surface area contributed by atoms with Crippen molar-refractivity contribution >= 4 is 51.5 Å². The van der Waals surface area contributed by atoms with Gasteiger partial charge in [-0.05, 0) is 71.7 Å². The number of rotatable bonds is 7. The van der Waals surface area contributed by atoms with Gasteiger partial charge in [0.05, 0.1) is 25.4 Å². The highest BCUT2D eigenvalue weighted by atomic mass is 79.9. The predicted molar refractivity (Wildman–Crippen MR) is 157 cm³/mol. The number of aromatic nitrogens is 2. The molecule has 5 nitrogen and oxygen atoms in total. The van der Waals surface area contributed by atoms with Crippen LogP contribution in [-0.4, -0.2) is 27.5 Å². The largest absolute Gasteiger partial charge is 0.598 e. The Morgan fingerprint density at radius 1 is 1.07 bits per heavy atom. The number of halogens is 5. The Kier molecular flexibility index (Phi) is 8.60. The van der Waals surface area contributed by atoms with Crippen molar-refractivity contribution in [1.82, 2.24) is 14.9 Å². The van der Waals surface area contributed by atoms with Crippen LogP contribution in [0.25, 0.3) is 22.2 Å². The monoisotopic (exact) mass is 655 g/mol. The molecular weight excluding hydrogens is 626 g/mol. The van der Waals surface area contributed by atoms with Crippen LogP contribution in [0.5, 0.6) is 0 Å². The Balaban J connectivity index is 1.86. The first kappa shape index (κ1) is 30.7. The first-order valence-corrected chi connectivity index (χ1v) is 18.0. The van der Waals surface area contributed by atoms with E-state index >= 15 is 4.39 Å².